The van der Waals surface area contributed by atoms with Crippen molar-refractivity contribution in [2.45, 2.75) is 37.2 Å². The summed E-state index contributed by atoms with van der Waals surface area (Å²) in [6.07, 6.45) is 1.06. The molecule has 1 amide bonds. The second kappa shape index (κ2) is 8.85. The highest BCUT2D eigenvalue weighted by Gasteiger charge is 2.31. The molecule has 1 aliphatic rings. The van der Waals surface area contributed by atoms with Crippen LogP contribution < -0.4 is 10.6 Å². The molecule has 148 valence electrons. The van der Waals surface area contributed by atoms with Gasteiger partial charge < -0.3 is 10.6 Å². The van der Waals surface area contributed by atoms with Crippen LogP contribution in [0.5, 0.6) is 0 Å². The fourth-order valence-corrected chi connectivity index (χ4v) is 5.05. The SMILES string of the molecule is Cc1ccc(C)c(NC(=O)[C@H]([NH2+][C@@H]2CCSc3ccccc32)c2ccccc2)c1. The Balaban J connectivity index is 1.63. The zero-order valence-corrected chi connectivity index (χ0v) is 17.7. The van der Waals surface area contributed by atoms with E-state index in [4.69, 9.17) is 0 Å². The number of amides is 1. The highest BCUT2D eigenvalue weighted by Crippen LogP contribution is 2.34. The third-order valence-corrected chi connectivity index (χ3v) is 6.64. The molecule has 4 heteroatoms. The van der Waals surface area contributed by atoms with Crippen molar-refractivity contribution in [2.75, 3.05) is 11.1 Å². The van der Waals surface area contributed by atoms with E-state index in [-0.39, 0.29) is 18.0 Å². The van der Waals surface area contributed by atoms with E-state index in [1.807, 2.05) is 62.0 Å². The first-order chi connectivity index (χ1) is 14.1. The van der Waals surface area contributed by atoms with Crippen molar-refractivity contribution in [3.63, 3.8) is 0 Å². The maximum absolute atomic E-state index is 13.4. The second-order valence-corrected chi connectivity index (χ2v) is 8.81. The van der Waals surface area contributed by atoms with Crippen molar-refractivity contribution in [1.29, 1.82) is 0 Å². The Kier molecular flexibility index (Phi) is 6.02. The third-order valence-electron chi connectivity index (χ3n) is 5.52. The molecule has 0 spiro atoms. The van der Waals surface area contributed by atoms with Gasteiger partial charge in [0.05, 0.1) is 0 Å². The lowest BCUT2D eigenvalue weighted by Crippen LogP contribution is -2.88. The number of aryl methyl sites for hydroxylation is 2. The lowest BCUT2D eigenvalue weighted by atomic mass is 9.99. The van der Waals surface area contributed by atoms with E-state index in [2.05, 4.69) is 47.0 Å². The number of rotatable bonds is 5. The molecular formula is C25H27N2OS+. The summed E-state index contributed by atoms with van der Waals surface area (Å²) in [5, 5.41) is 5.43. The van der Waals surface area contributed by atoms with Gasteiger partial charge in [-0.25, -0.2) is 0 Å². The van der Waals surface area contributed by atoms with E-state index >= 15 is 0 Å². The van der Waals surface area contributed by atoms with Crippen molar-refractivity contribution in [3.05, 3.63) is 95.1 Å². The van der Waals surface area contributed by atoms with Crippen LogP contribution in [0.25, 0.3) is 0 Å². The molecule has 3 N–H and O–H groups in total. The number of quaternary nitrogens is 1. The van der Waals surface area contributed by atoms with Crippen LogP contribution in [0, 0.1) is 13.8 Å². The molecule has 0 unspecified atom stereocenters. The number of benzene rings is 3. The molecule has 0 radical (unpaired) electrons. The van der Waals surface area contributed by atoms with Crippen LogP contribution >= 0.6 is 11.8 Å². The molecule has 0 aliphatic carbocycles. The zero-order chi connectivity index (χ0) is 20.2. The Morgan fingerprint density at radius 2 is 1.79 bits per heavy atom. The van der Waals surface area contributed by atoms with Gasteiger partial charge in [-0.15, -0.1) is 11.8 Å². The van der Waals surface area contributed by atoms with E-state index in [0.29, 0.717) is 0 Å². The van der Waals surface area contributed by atoms with Crippen molar-refractivity contribution in [1.82, 2.24) is 0 Å². The monoisotopic (exact) mass is 403 g/mol. The summed E-state index contributed by atoms with van der Waals surface area (Å²) >= 11 is 1.91. The number of carbonyl (C=O) groups is 1. The van der Waals surface area contributed by atoms with Crippen LogP contribution in [0.4, 0.5) is 5.69 Å². The predicted molar refractivity (Wildman–Crippen MR) is 120 cm³/mol. The molecule has 4 rings (SSSR count). The number of hydrogen-bond acceptors (Lipinski definition) is 2. The average Bonchev–Trinajstić information content (AvgIpc) is 2.75. The average molecular weight is 404 g/mol. The molecule has 0 bridgehead atoms. The predicted octanol–water partition coefficient (Wildman–Crippen LogP) is 4.78. The Bertz CT molecular complexity index is 1000. The molecule has 2 atom stereocenters. The van der Waals surface area contributed by atoms with E-state index in [9.17, 15) is 4.79 Å². The van der Waals surface area contributed by atoms with Crippen LogP contribution in [-0.4, -0.2) is 11.7 Å². The number of fused-ring (bicyclic) bond motifs is 1. The van der Waals surface area contributed by atoms with E-state index in [1.165, 1.54) is 10.5 Å². The van der Waals surface area contributed by atoms with Crippen LogP contribution in [0.15, 0.2) is 77.7 Å². The van der Waals surface area contributed by atoms with Gasteiger partial charge in [-0.3, -0.25) is 4.79 Å². The Morgan fingerprint density at radius 1 is 1.03 bits per heavy atom. The van der Waals surface area contributed by atoms with Crippen LogP contribution in [0.2, 0.25) is 0 Å². The Morgan fingerprint density at radius 3 is 2.62 bits per heavy atom. The molecule has 0 aromatic heterocycles. The van der Waals surface area contributed by atoms with Gasteiger partial charge in [-0.2, -0.15) is 0 Å². The topological polar surface area (TPSA) is 45.7 Å². The maximum atomic E-state index is 13.4. The Hall–Kier alpha value is -2.56. The summed E-state index contributed by atoms with van der Waals surface area (Å²) in [5.74, 6) is 1.11. The first kappa shape index (κ1) is 19.7. The van der Waals surface area contributed by atoms with Gasteiger partial charge in [0.25, 0.3) is 5.91 Å². The number of nitrogens with two attached hydrogens (primary N) is 1. The van der Waals surface area contributed by atoms with Gasteiger partial charge in [-0.1, -0.05) is 60.7 Å². The zero-order valence-electron chi connectivity index (χ0n) is 16.9. The van der Waals surface area contributed by atoms with Crippen molar-refractivity contribution < 1.29 is 10.1 Å². The Labute approximate surface area is 176 Å². The molecule has 1 heterocycles. The molecule has 29 heavy (non-hydrogen) atoms. The summed E-state index contributed by atoms with van der Waals surface area (Å²) in [7, 11) is 0. The van der Waals surface area contributed by atoms with Gasteiger partial charge in [0, 0.05) is 33.9 Å². The molecule has 0 fully saturated rings. The largest absolute Gasteiger partial charge is 0.326 e. The molecule has 0 saturated carbocycles. The van der Waals surface area contributed by atoms with Gasteiger partial charge in [-0.05, 0) is 37.1 Å². The normalized spacial score (nSPS) is 16.7. The fraction of sp³-hybridized carbons (Fsp3) is 0.240. The lowest BCUT2D eigenvalue weighted by molar-refractivity contribution is -0.722. The smallest absolute Gasteiger partial charge is 0.287 e. The standard InChI is InChI=1S/C25H26N2OS/c1-17-12-13-18(2)22(16-17)27-25(28)24(19-8-4-3-5-9-19)26-21-14-15-29-23-11-7-6-10-20(21)23/h3-13,16,21,24,26H,14-15H2,1-2H3,(H,27,28)/p+1/t21-,24-/m1/s1. The quantitative estimate of drug-likeness (QED) is 0.644. The molecule has 3 nitrogen and oxygen atoms in total. The molecular weight excluding hydrogens is 376 g/mol. The summed E-state index contributed by atoms with van der Waals surface area (Å²) in [4.78, 5) is 14.7. The highest BCUT2D eigenvalue weighted by atomic mass is 32.2. The van der Waals surface area contributed by atoms with Crippen LogP contribution in [-0.2, 0) is 4.79 Å². The summed E-state index contributed by atoms with van der Waals surface area (Å²) in [5.41, 5.74) is 5.48. The number of thioether (sulfide) groups is 1. The van der Waals surface area contributed by atoms with E-state index in [0.717, 1.165) is 34.6 Å². The molecule has 1 aliphatic heterocycles. The van der Waals surface area contributed by atoms with Crippen LogP contribution in [0.3, 0.4) is 0 Å². The maximum Gasteiger partial charge on any atom is 0.287 e. The lowest BCUT2D eigenvalue weighted by Gasteiger charge is -2.27. The van der Waals surface area contributed by atoms with Gasteiger partial charge >= 0.3 is 0 Å². The minimum atomic E-state index is -0.294. The molecule has 0 saturated heterocycles. The minimum absolute atomic E-state index is 0.0283. The summed E-state index contributed by atoms with van der Waals surface area (Å²) in [6, 6.07) is 24.8. The number of anilines is 1. The molecule has 3 aromatic carbocycles. The number of carbonyl (C=O) groups excluding carboxylic acids is 1. The summed E-state index contributed by atoms with van der Waals surface area (Å²) < 4.78 is 0. The first-order valence-electron chi connectivity index (χ1n) is 10.1. The number of hydrogen-bond donors (Lipinski definition) is 2. The van der Waals surface area contributed by atoms with Gasteiger partial charge in [0.1, 0.15) is 6.04 Å². The highest BCUT2D eigenvalue weighted by molar-refractivity contribution is 7.99. The van der Waals surface area contributed by atoms with E-state index in [1.54, 1.807) is 0 Å². The summed E-state index contributed by atoms with van der Waals surface area (Å²) in [6.45, 7) is 4.08. The van der Waals surface area contributed by atoms with Gasteiger partial charge in [0.2, 0.25) is 0 Å². The first-order valence-corrected chi connectivity index (χ1v) is 11.1. The minimum Gasteiger partial charge on any atom is -0.326 e. The second-order valence-electron chi connectivity index (χ2n) is 7.67. The van der Waals surface area contributed by atoms with Crippen molar-refractivity contribution >= 4 is 23.4 Å². The third kappa shape index (κ3) is 4.55. The number of nitrogens with one attached hydrogen (secondary N) is 1. The van der Waals surface area contributed by atoms with E-state index < -0.39 is 0 Å². The molecule has 3 aromatic rings. The van der Waals surface area contributed by atoms with Crippen LogP contribution in [0.1, 0.15) is 40.8 Å². The van der Waals surface area contributed by atoms with Crippen molar-refractivity contribution in [3.8, 4) is 0 Å². The fourth-order valence-electron chi connectivity index (χ4n) is 3.89. The van der Waals surface area contributed by atoms with Gasteiger partial charge in [0.15, 0.2) is 6.04 Å². The van der Waals surface area contributed by atoms with Crippen molar-refractivity contribution in [2.24, 2.45) is 0 Å².